The fraction of sp³-hybridized carbons (Fsp3) is 0.385. The van der Waals surface area contributed by atoms with Crippen molar-refractivity contribution in [2.24, 2.45) is 11.8 Å². The predicted molar refractivity (Wildman–Crippen MR) is 87.1 cm³/mol. The topological polar surface area (TPSA) is 75.9 Å². The summed E-state index contributed by atoms with van der Waals surface area (Å²) < 4.78 is 0. The van der Waals surface area contributed by atoms with Crippen LogP contribution in [0.1, 0.15) is 24.8 Å². The number of nitrogens with one attached hydrogen (secondary N) is 2. The molecule has 0 aliphatic heterocycles. The number of thioether (sulfide) groups is 1. The maximum absolute atomic E-state index is 5.45. The first-order valence-corrected chi connectivity index (χ1v) is 8.44. The Morgan fingerprint density at radius 1 is 1.30 bits per heavy atom. The molecule has 5 nitrogen and oxygen atoms in total. The van der Waals surface area contributed by atoms with E-state index in [0.29, 0.717) is 16.9 Å². The Bertz CT molecular complexity index is 519. The van der Waals surface area contributed by atoms with Gasteiger partial charge in [0.1, 0.15) is 11.6 Å². The Morgan fingerprint density at radius 2 is 2.05 bits per heavy atom. The molecule has 4 N–H and O–H groups in total. The normalized spacial score (nSPS) is 12.4. The first-order valence-electron chi connectivity index (χ1n) is 6.33. The van der Waals surface area contributed by atoms with Gasteiger partial charge in [-0.05, 0) is 23.6 Å². The van der Waals surface area contributed by atoms with Gasteiger partial charge < -0.3 is 10.7 Å². The molecule has 0 amide bonds. The van der Waals surface area contributed by atoms with E-state index in [4.69, 9.17) is 5.84 Å². The molecule has 2 rings (SSSR count). The number of anilines is 2. The lowest BCUT2D eigenvalue weighted by Crippen LogP contribution is -2.17. The summed E-state index contributed by atoms with van der Waals surface area (Å²) >= 11 is 3.24. The molecule has 0 aromatic carbocycles. The van der Waals surface area contributed by atoms with Crippen molar-refractivity contribution in [2.75, 3.05) is 17.0 Å². The van der Waals surface area contributed by atoms with Crippen LogP contribution in [0.15, 0.2) is 28.7 Å². The third-order valence-electron chi connectivity index (χ3n) is 2.86. The minimum absolute atomic E-state index is 0.227. The van der Waals surface area contributed by atoms with Crippen molar-refractivity contribution in [3.63, 3.8) is 0 Å². The highest BCUT2D eigenvalue weighted by Gasteiger charge is 2.17. The maximum atomic E-state index is 5.45. The molecular weight excluding hydrogens is 290 g/mol. The molecule has 7 heteroatoms. The molecule has 0 aliphatic carbocycles. The van der Waals surface area contributed by atoms with Gasteiger partial charge in [0.05, 0.1) is 6.04 Å². The van der Waals surface area contributed by atoms with Crippen LogP contribution in [0, 0.1) is 5.92 Å². The third-order valence-corrected chi connectivity index (χ3v) is 4.36. The molecular formula is C13H19N5S2. The minimum Gasteiger partial charge on any atom is -0.362 e. The summed E-state index contributed by atoms with van der Waals surface area (Å²) in [7, 11) is 0. The first kappa shape index (κ1) is 15.1. The summed E-state index contributed by atoms with van der Waals surface area (Å²) in [6.07, 6.45) is 1.94. The SMILES string of the molecule is CSc1nc(NN)cc(NC(c2cccs2)C(C)C)n1. The Morgan fingerprint density at radius 3 is 2.60 bits per heavy atom. The van der Waals surface area contributed by atoms with Crippen molar-refractivity contribution in [2.45, 2.75) is 25.0 Å². The summed E-state index contributed by atoms with van der Waals surface area (Å²) in [5.74, 6) is 7.30. The van der Waals surface area contributed by atoms with Gasteiger partial charge in [-0.3, -0.25) is 0 Å². The van der Waals surface area contributed by atoms with Crippen LogP contribution >= 0.6 is 23.1 Å². The third kappa shape index (κ3) is 3.62. The molecule has 0 saturated heterocycles. The Kier molecular flexibility index (Phi) is 5.22. The standard InChI is InChI=1S/C13H19N5S2/c1-8(2)12(9-5-4-6-20-9)15-10-7-11(18-14)17-13(16-10)19-3/h4-8,12H,14H2,1-3H3,(H2,15,16,17,18). The summed E-state index contributed by atoms with van der Waals surface area (Å²) in [6.45, 7) is 4.38. The molecule has 108 valence electrons. The number of rotatable bonds is 6. The smallest absolute Gasteiger partial charge is 0.191 e. The molecule has 0 fully saturated rings. The number of aromatic nitrogens is 2. The van der Waals surface area contributed by atoms with Crippen LogP contribution in [0.25, 0.3) is 0 Å². The second-order valence-electron chi connectivity index (χ2n) is 4.65. The van der Waals surface area contributed by atoms with Gasteiger partial charge >= 0.3 is 0 Å². The highest BCUT2D eigenvalue weighted by Crippen LogP contribution is 2.30. The van der Waals surface area contributed by atoms with Crippen LogP contribution in [-0.2, 0) is 0 Å². The molecule has 0 saturated carbocycles. The highest BCUT2D eigenvalue weighted by molar-refractivity contribution is 7.98. The predicted octanol–water partition coefficient (Wildman–Crippen LogP) is 3.35. The van der Waals surface area contributed by atoms with E-state index in [1.165, 1.54) is 16.6 Å². The zero-order valence-electron chi connectivity index (χ0n) is 11.8. The average molecular weight is 309 g/mol. The molecule has 2 aromatic rings. The van der Waals surface area contributed by atoms with Gasteiger partial charge in [-0.15, -0.1) is 11.3 Å². The lowest BCUT2D eigenvalue weighted by Gasteiger charge is -2.22. The van der Waals surface area contributed by atoms with Crippen LogP contribution in [0.5, 0.6) is 0 Å². The van der Waals surface area contributed by atoms with E-state index in [0.717, 1.165) is 5.82 Å². The van der Waals surface area contributed by atoms with Gasteiger partial charge in [-0.2, -0.15) is 0 Å². The lowest BCUT2D eigenvalue weighted by atomic mass is 10.0. The van der Waals surface area contributed by atoms with E-state index in [9.17, 15) is 0 Å². The molecule has 0 aliphatic rings. The molecule has 1 atom stereocenters. The van der Waals surface area contributed by atoms with Crippen LogP contribution in [0.4, 0.5) is 11.6 Å². The van der Waals surface area contributed by atoms with Crippen LogP contribution in [0.3, 0.4) is 0 Å². The van der Waals surface area contributed by atoms with E-state index in [2.05, 4.69) is 52.1 Å². The van der Waals surface area contributed by atoms with Gasteiger partial charge in [-0.25, -0.2) is 15.8 Å². The summed E-state index contributed by atoms with van der Waals surface area (Å²) in [5, 5.41) is 6.26. The zero-order chi connectivity index (χ0) is 14.5. The molecule has 2 aromatic heterocycles. The van der Waals surface area contributed by atoms with E-state index >= 15 is 0 Å². The van der Waals surface area contributed by atoms with Crippen molar-refractivity contribution in [1.29, 1.82) is 0 Å². The van der Waals surface area contributed by atoms with Crippen LogP contribution in [-0.4, -0.2) is 16.2 Å². The molecule has 0 radical (unpaired) electrons. The number of nitrogen functional groups attached to an aromatic ring is 1. The lowest BCUT2D eigenvalue weighted by molar-refractivity contribution is 0.551. The van der Waals surface area contributed by atoms with Gasteiger partial charge in [0.2, 0.25) is 0 Å². The minimum atomic E-state index is 0.227. The molecule has 2 heterocycles. The highest BCUT2D eigenvalue weighted by atomic mass is 32.2. The Labute approximate surface area is 127 Å². The van der Waals surface area contributed by atoms with Crippen molar-refractivity contribution in [1.82, 2.24) is 9.97 Å². The number of hydrogen-bond donors (Lipinski definition) is 3. The number of thiophene rings is 1. The zero-order valence-corrected chi connectivity index (χ0v) is 13.4. The van der Waals surface area contributed by atoms with Crippen LogP contribution in [0.2, 0.25) is 0 Å². The molecule has 0 bridgehead atoms. The van der Waals surface area contributed by atoms with E-state index in [1.54, 1.807) is 11.3 Å². The molecule has 1 unspecified atom stereocenters. The average Bonchev–Trinajstić information content (AvgIpc) is 2.97. The van der Waals surface area contributed by atoms with Gasteiger partial charge in [0.15, 0.2) is 5.16 Å². The summed E-state index contributed by atoms with van der Waals surface area (Å²) in [5.41, 5.74) is 2.58. The monoisotopic (exact) mass is 309 g/mol. The Balaban J connectivity index is 2.26. The van der Waals surface area contributed by atoms with Crippen molar-refractivity contribution in [3.05, 3.63) is 28.5 Å². The van der Waals surface area contributed by atoms with Crippen molar-refractivity contribution in [3.8, 4) is 0 Å². The second kappa shape index (κ2) is 6.92. The van der Waals surface area contributed by atoms with Gasteiger partial charge in [0.25, 0.3) is 0 Å². The van der Waals surface area contributed by atoms with Gasteiger partial charge in [0, 0.05) is 10.9 Å². The quantitative estimate of drug-likeness (QED) is 0.329. The second-order valence-corrected chi connectivity index (χ2v) is 6.40. The van der Waals surface area contributed by atoms with Crippen molar-refractivity contribution < 1.29 is 0 Å². The number of hydrogen-bond acceptors (Lipinski definition) is 7. The first-order chi connectivity index (χ1) is 9.63. The number of nitrogens with two attached hydrogens (primary N) is 1. The summed E-state index contributed by atoms with van der Waals surface area (Å²) in [6, 6.07) is 6.26. The largest absolute Gasteiger partial charge is 0.362 e. The van der Waals surface area contributed by atoms with Crippen LogP contribution < -0.4 is 16.6 Å². The fourth-order valence-corrected chi connectivity index (χ4v) is 3.19. The van der Waals surface area contributed by atoms with E-state index < -0.39 is 0 Å². The summed E-state index contributed by atoms with van der Waals surface area (Å²) in [4.78, 5) is 10.0. The van der Waals surface area contributed by atoms with Gasteiger partial charge in [-0.1, -0.05) is 31.7 Å². The molecule has 20 heavy (non-hydrogen) atoms. The van der Waals surface area contributed by atoms with E-state index in [-0.39, 0.29) is 6.04 Å². The number of nitrogens with zero attached hydrogens (tertiary/aromatic N) is 2. The number of hydrazine groups is 1. The Hall–Kier alpha value is -1.31. The van der Waals surface area contributed by atoms with Crippen molar-refractivity contribution >= 4 is 34.7 Å². The molecule has 0 spiro atoms. The van der Waals surface area contributed by atoms with E-state index in [1.807, 2.05) is 12.3 Å². The fourth-order valence-electron chi connectivity index (χ4n) is 1.86. The maximum Gasteiger partial charge on any atom is 0.191 e.